The molecule has 0 aromatic carbocycles. The van der Waals surface area contributed by atoms with Crippen molar-refractivity contribution in [3.63, 3.8) is 0 Å². The first-order valence-electron chi connectivity index (χ1n) is 5.21. The lowest BCUT2D eigenvalue weighted by Crippen LogP contribution is -2.39. The number of carbonyl (C=O) groups is 2. The molecule has 1 aliphatic heterocycles. The van der Waals surface area contributed by atoms with E-state index in [1.54, 1.807) is 11.8 Å². The van der Waals surface area contributed by atoms with Crippen LogP contribution >= 0.6 is 0 Å². The highest BCUT2D eigenvalue weighted by molar-refractivity contribution is 5.81. The third kappa shape index (κ3) is 2.68. The lowest BCUT2D eigenvalue weighted by atomic mass is 9.90. The predicted octanol–water partition coefficient (Wildman–Crippen LogP) is -0.0809. The molecule has 5 nitrogen and oxygen atoms in total. The molecule has 0 saturated carbocycles. The maximum Gasteiger partial charge on any atom is 0.311 e. The molecule has 1 amide bonds. The molecule has 1 rings (SSSR count). The zero-order valence-corrected chi connectivity index (χ0v) is 9.25. The molecular weight excluding hydrogens is 196 g/mol. The van der Waals surface area contributed by atoms with Crippen LogP contribution in [-0.4, -0.2) is 48.1 Å². The van der Waals surface area contributed by atoms with Gasteiger partial charge in [-0.3, -0.25) is 9.59 Å². The minimum absolute atomic E-state index is 0.0122. The Morgan fingerprint density at radius 3 is 2.67 bits per heavy atom. The molecule has 1 fully saturated rings. The Bertz CT molecular complexity index is 267. The van der Waals surface area contributed by atoms with E-state index in [1.807, 2.05) is 6.92 Å². The third-order valence-electron chi connectivity index (χ3n) is 2.87. The lowest BCUT2D eigenvalue weighted by molar-refractivity contribution is -0.147. The summed E-state index contributed by atoms with van der Waals surface area (Å²) in [4.78, 5) is 24.2. The van der Waals surface area contributed by atoms with E-state index in [9.17, 15) is 9.59 Å². The summed E-state index contributed by atoms with van der Waals surface area (Å²) >= 11 is 0. The number of aliphatic carboxylic acids is 1. The van der Waals surface area contributed by atoms with Gasteiger partial charge in [0, 0.05) is 13.1 Å². The van der Waals surface area contributed by atoms with Crippen molar-refractivity contribution >= 4 is 11.9 Å². The van der Waals surface area contributed by atoms with E-state index in [2.05, 4.69) is 5.32 Å². The smallest absolute Gasteiger partial charge is 0.311 e. The van der Waals surface area contributed by atoms with E-state index in [0.717, 1.165) is 6.54 Å². The number of nitrogens with one attached hydrogen (secondary N) is 1. The number of likely N-dealkylation sites (N-methyl/N-ethyl adjacent to an activating group) is 1. The van der Waals surface area contributed by atoms with Crippen molar-refractivity contribution < 1.29 is 14.7 Å². The van der Waals surface area contributed by atoms with Gasteiger partial charge in [-0.2, -0.15) is 0 Å². The number of likely N-dealkylation sites (tertiary alicyclic amines) is 1. The molecule has 0 aromatic heterocycles. The molecule has 0 bridgehead atoms. The van der Waals surface area contributed by atoms with Crippen molar-refractivity contribution in [3.8, 4) is 0 Å². The van der Waals surface area contributed by atoms with Crippen LogP contribution in [0.4, 0.5) is 0 Å². The number of carbonyl (C=O) groups excluding carboxylic acids is 1. The first-order valence-corrected chi connectivity index (χ1v) is 5.21. The quantitative estimate of drug-likeness (QED) is 0.686. The standard InChI is InChI=1S/C10H18N2O3/c1-3-11-6-8(13)12-5-4-10(2,7-12)9(14)15/h11H,3-7H2,1-2H3,(H,14,15). The predicted molar refractivity (Wildman–Crippen MR) is 55.5 cm³/mol. The molecule has 5 heteroatoms. The molecule has 1 saturated heterocycles. The molecule has 1 unspecified atom stereocenters. The molecule has 2 N–H and O–H groups in total. The average Bonchev–Trinajstić information content (AvgIpc) is 2.59. The topological polar surface area (TPSA) is 69.6 Å². The number of hydrogen-bond acceptors (Lipinski definition) is 3. The zero-order chi connectivity index (χ0) is 11.5. The number of carboxylic acids is 1. The van der Waals surface area contributed by atoms with Crippen LogP contribution in [0.2, 0.25) is 0 Å². The second kappa shape index (κ2) is 4.61. The van der Waals surface area contributed by atoms with Gasteiger partial charge in [-0.25, -0.2) is 0 Å². The van der Waals surface area contributed by atoms with E-state index in [1.165, 1.54) is 0 Å². The van der Waals surface area contributed by atoms with Crippen LogP contribution in [0.15, 0.2) is 0 Å². The van der Waals surface area contributed by atoms with Gasteiger partial charge in [-0.15, -0.1) is 0 Å². The van der Waals surface area contributed by atoms with Gasteiger partial charge in [-0.1, -0.05) is 6.92 Å². The molecular formula is C10H18N2O3. The summed E-state index contributed by atoms with van der Waals surface area (Å²) in [5.41, 5.74) is -0.762. The maximum absolute atomic E-state index is 11.6. The summed E-state index contributed by atoms with van der Waals surface area (Å²) in [6.45, 7) is 5.54. The minimum Gasteiger partial charge on any atom is -0.481 e. The highest BCUT2D eigenvalue weighted by Gasteiger charge is 2.41. The van der Waals surface area contributed by atoms with Gasteiger partial charge < -0.3 is 15.3 Å². The molecule has 15 heavy (non-hydrogen) atoms. The van der Waals surface area contributed by atoms with Gasteiger partial charge in [0.15, 0.2) is 0 Å². The fourth-order valence-corrected chi connectivity index (χ4v) is 1.69. The number of hydrogen-bond donors (Lipinski definition) is 2. The summed E-state index contributed by atoms with van der Waals surface area (Å²) in [6, 6.07) is 0. The van der Waals surface area contributed by atoms with Gasteiger partial charge in [-0.05, 0) is 19.9 Å². The van der Waals surface area contributed by atoms with Gasteiger partial charge in [0.1, 0.15) is 0 Å². The lowest BCUT2D eigenvalue weighted by Gasteiger charge is -2.20. The summed E-state index contributed by atoms with van der Waals surface area (Å²) in [7, 11) is 0. The molecule has 0 radical (unpaired) electrons. The van der Waals surface area contributed by atoms with Crippen molar-refractivity contribution in [1.82, 2.24) is 10.2 Å². The molecule has 0 aromatic rings. The van der Waals surface area contributed by atoms with Crippen LogP contribution in [0, 0.1) is 5.41 Å². The van der Waals surface area contributed by atoms with Crippen LogP contribution in [-0.2, 0) is 9.59 Å². The van der Waals surface area contributed by atoms with E-state index in [-0.39, 0.29) is 5.91 Å². The van der Waals surface area contributed by atoms with Gasteiger partial charge >= 0.3 is 5.97 Å². The Labute approximate surface area is 89.4 Å². The Morgan fingerprint density at radius 1 is 1.53 bits per heavy atom. The Morgan fingerprint density at radius 2 is 2.20 bits per heavy atom. The van der Waals surface area contributed by atoms with Crippen LogP contribution in [0.5, 0.6) is 0 Å². The largest absolute Gasteiger partial charge is 0.481 e. The van der Waals surface area contributed by atoms with Gasteiger partial charge in [0.05, 0.1) is 12.0 Å². The molecule has 86 valence electrons. The number of amides is 1. The molecule has 1 atom stereocenters. The molecule has 1 heterocycles. The Balaban J connectivity index is 2.49. The SMILES string of the molecule is CCNCC(=O)N1CCC(C)(C(=O)O)C1. The van der Waals surface area contributed by atoms with Crippen molar-refractivity contribution in [2.75, 3.05) is 26.2 Å². The second-order valence-corrected chi connectivity index (χ2v) is 4.21. The molecule has 0 spiro atoms. The Kier molecular flexibility index (Phi) is 3.68. The van der Waals surface area contributed by atoms with E-state index < -0.39 is 11.4 Å². The van der Waals surface area contributed by atoms with Crippen LogP contribution in [0.1, 0.15) is 20.3 Å². The van der Waals surface area contributed by atoms with Crippen LogP contribution in [0.25, 0.3) is 0 Å². The molecule has 0 aliphatic carbocycles. The van der Waals surface area contributed by atoms with E-state index in [0.29, 0.717) is 26.1 Å². The second-order valence-electron chi connectivity index (χ2n) is 4.21. The van der Waals surface area contributed by atoms with Crippen molar-refractivity contribution in [3.05, 3.63) is 0 Å². The van der Waals surface area contributed by atoms with Crippen LogP contribution < -0.4 is 5.32 Å². The zero-order valence-electron chi connectivity index (χ0n) is 9.25. The number of carboxylic acid groups (broad SMARTS) is 1. The third-order valence-corrected chi connectivity index (χ3v) is 2.87. The van der Waals surface area contributed by atoms with Crippen LogP contribution in [0.3, 0.4) is 0 Å². The summed E-state index contributed by atoms with van der Waals surface area (Å²) in [5, 5.41) is 11.9. The van der Waals surface area contributed by atoms with Crippen molar-refractivity contribution in [1.29, 1.82) is 0 Å². The maximum atomic E-state index is 11.6. The first-order chi connectivity index (χ1) is 6.99. The van der Waals surface area contributed by atoms with Gasteiger partial charge in [0.25, 0.3) is 0 Å². The van der Waals surface area contributed by atoms with Crippen molar-refractivity contribution in [2.45, 2.75) is 20.3 Å². The fourth-order valence-electron chi connectivity index (χ4n) is 1.69. The highest BCUT2D eigenvalue weighted by atomic mass is 16.4. The monoisotopic (exact) mass is 214 g/mol. The normalized spacial score (nSPS) is 25.6. The number of rotatable bonds is 4. The average molecular weight is 214 g/mol. The van der Waals surface area contributed by atoms with Crippen molar-refractivity contribution in [2.24, 2.45) is 5.41 Å². The summed E-state index contributed by atoms with van der Waals surface area (Å²) in [5.74, 6) is -0.830. The minimum atomic E-state index is -0.818. The van der Waals surface area contributed by atoms with E-state index >= 15 is 0 Å². The van der Waals surface area contributed by atoms with Gasteiger partial charge in [0.2, 0.25) is 5.91 Å². The summed E-state index contributed by atoms with van der Waals surface area (Å²) < 4.78 is 0. The first kappa shape index (κ1) is 12.0. The Hall–Kier alpha value is -1.10. The highest BCUT2D eigenvalue weighted by Crippen LogP contribution is 2.29. The van der Waals surface area contributed by atoms with E-state index in [4.69, 9.17) is 5.11 Å². The molecule has 1 aliphatic rings. The fraction of sp³-hybridized carbons (Fsp3) is 0.800. The summed E-state index contributed by atoms with van der Waals surface area (Å²) in [6.07, 6.45) is 0.542. The number of nitrogens with zero attached hydrogens (tertiary/aromatic N) is 1.